The number of para-hydroxylation sites is 1. The summed E-state index contributed by atoms with van der Waals surface area (Å²) >= 11 is 0. The van der Waals surface area contributed by atoms with Crippen LogP contribution in [0.1, 0.15) is 18.4 Å². The molecular weight excluding hydrogens is 270 g/mol. The minimum atomic E-state index is -0.846. The number of nitrogens with zero attached hydrogens (tertiary/aromatic N) is 1. The summed E-state index contributed by atoms with van der Waals surface area (Å²) in [7, 11) is 0. The molecule has 0 aromatic heterocycles. The van der Waals surface area contributed by atoms with Crippen molar-refractivity contribution >= 4 is 17.7 Å². The van der Waals surface area contributed by atoms with Crippen LogP contribution in [0.2, 0.25) is 0 Å². The first-order valence-corrected chi connectivity index (χ1v) is 7.16. The number of nitrogens with one attached hydrogen (secondary N) is 1. The number of urea groups is 1. The second-order valence-corrected chi connectivity index (χ2v) is 5.32. The van der Waals surface area contributed by atoms with Gasteiger partial charge in [-0.15, -0.1) is 0 Å². The van der Waals surface area contributed by atoms with Gasteiger partial charge in [0, 0.05) is 25.2 Å². The van der Waals surface area contributed by atoms with Crippen molar-refractivity contribution in [2.24, 2.45) is 11.7 Å². The minimum Gasteiger partial charge on any atom is -0.481 e. The van der Waals surface area contributed by atoms with E-state index in [0.29, 0.717) is 37.7 Å². The molecule has 0 spiro atoms. The van der Waals surface area contributed by atoms with E-state index in [0.717, 1.165) is 12.0 Å². The van der Waals surface area contributed by atoms with Gasteiger partial charge >= 0.3 is 12.0 Å². The molecule has 6 heteroatoms. The Balaban J connectivity index is 1.99. The Bertz CT molecular complexity index is 519. The number of carboxylic acid groups (broad SMARTS) is 1. The van der Waals surface area contributed by atoms with Crippen LogP contribution in [0.15, 0.2) is 24.3 Å². The Morgan fingerprint density at radius 2 is 2.14 bits per heavy atom. The van der Waals surface area contributed by atoms with Crippen LogP contribution in [0, 0.1) is 5.92 Å². The van der Waals surface area contributed by atoms with Gasteiger partial charge in [-0.05, 0) is 36.9 Å². The molecule has 1 atom stereocenters. The molecule has 0 radical (unpaired) electrons. The third kappa shape index (κ3) is 4.19. The number of benzene rings is 1. The van der Waals surface area contributed by atoms with Crippen LogP contribution >= 0.6 is 0 Å². The fourth-order valence-electron chi connectivity index (χ4n) is 2.51. The zero-order chi connectivity index (χ0) is 15.2. The molecule has 2 amide bonds. The maximum Gasteiger partial charge on any atom is 0.321 e. The molecule has 1 aliphatic rings. The fourth-order valence-corrected chi connectivity index (χ4v) is 2.51. The van der Waals surface area contributed by atoms with Gasteiger partial charge in [0.2, 0.25) is 0 Å². The topological polar surface area (TPSA) is 95.7 Å². The lowest BCUT2D eigenvalue weighted by Crippen LogP contribution is -2.34. The maximum atomic E-state index is 12.2. The number of hydrogen-bond donors (Lipinski definition) is 3. The molecule has 1 heterocycles. The molecule has 4 N–H and O–H groups in total. The van der Waals surface area contributed by atoms with Crippen molar-refractivity contribution in [2.75, 3.05) is 25.0 Å². The summed E-state index contributed by atoms with van der Waals surface area (Å²) in [4.78, 5) is 24.7. The first-order valence-electron chi connectivity index (χ1n) is 7.16. The normalized spacial score (nSPS) is 17.8. The third-order valence-corrected chi connectivity index (χ3v) is 3.77. The largest absolute Gasteiger partial charge is 0.481 e. The molecule has 1 unspecified atom stereocenters. The zero-order valence-electron chi connectivity index (χ0n) is 11.9. The summed E-state index contributed by atoms with van der Waals surface area (Å²) in [5.41, 5.74) is 7.14. The number of amides is 2. The summed E-state index contributed by atoms with van der Waals surface area (Å²) in [6.07, 6.45) is 1.38. The number of nitrogens with two attached hydrogens (primary N) is 1. The van der Waals surface area contributed by atoms with Crippen LogP contribution in [-0.4, -0.2) is 41.6 Å². The van der Waals surface area contributed by atoms with E-state index < -0.39 is 5.97 Å². The lowest BCUT2D eigenvalue weighted by Gasteiger charge is -2.18. The molecule has 1 aliphatic heterocycles. The quantitative estimate of drug-likeness (QED) is 0.766. The molecule has 114 valence electrons. The predicted molar refractivity (Wildman–Crippen MR) is 80.2 cm³/mol. The Kier molecular flexibility index (Phi) is 5.16. The molecule has 1 aromatic carbocycles. The van der Waals surface area contributed by atoms with Gasteiger partial charge < -0.3 is 21.1 Å². The van der Waals surface area contributed by atoms with Crippen molar-refractivity contribution in [3.05, 3.63) is 29.8 Å². The lowest BCUT2D eigenvalue weighted by atomic mass is 10.1. The Labute approximate surface area is 123 Å². The van der Waals surface area contributed by atoms with Gasteiger partial charge in [-0.3, -0.25) is 4.79 Å². The predicted octanol–water partition coefficient (Wildman–Crippen LogP) is 1.52. The van der Waals surface area contributed by atoms with Crippen molar-refractivity contribution in [1.82, 2.24) is 4.90 Å². The highest BCUT2D eigenvalue weighted by molar-refractivity contribution is 5.90. The monoisotopic (exact) mass is 291 g/mol. The molecule has 6 nitrogen and oxygen atoms in total. The highest BCUT2D eigenvalue weighted by atomic mass is 16.4. The van der Waals surface area contributed by atoms with Crippen molar-refractivity contribution in [3.8, 4) is 0 Å². The van der Waals surface area contributed by atoms with Crippen LogP contribution in [0.5, 0.6) is 0 Å². The van der Waals surface area contributed by atoms with E-state index in [9.17, 15) is 9.59 Å². The zero-order valence-corrected chi connectivity index (χ0v) is 11.9. The van der Waals surface area contributed by atoms with E-state index in [4.69, 9.17) is 10.8 Å². The standard InChI is InChI=1S/C15H21N3O3/c16-9-11-7-8-18(10-11)15(21)17-13-4-2-1-3-12(13)5-6-14(19)20/h1-4,11H,5-10,16H2,(H,17,21)(H,19,20). The number of carbonyl (C=O) groups excluding carboxylic acids is 1. The van der Waals surface area contributed by atoms with Gasteiger partial charge in [0.1, 0.15) is 0 Å². The van der Waals surface area contributed by atoms with Gasteiger partial charge in [0.05, 0.1) is 0 Å². The number of aliphatic carboxylic acids is 1. The summed E-state index contributed by atoms with van der Waals surface area (Å²) in [5.74, 6) is -0.473. The van der Waals surface area contributed by atoms with Gasteiger partial charge in [0.15, 0.2) is 0 Å². The Morgan fingerprint density at radius 3 is 2.81 bits per heavy atom. The first-order chi connectivity index (χ1) is 10.1. The average molecular weight is 291 g/mol. The molecule has 1 aromatic rings. The smallest absolute Gasteiger partial charge is 0.321 e. The van der Waals surface area contributed by atoms with Gasteiger partial charge in [-0.1, -0.05) is 18.2 Å². The molecule has 21 heavy (non-hydrogen) atoms. The van der Waals surface area contributed by atoms with Crippen LogP contribution in [0.25, 0.3) is 0 Å². The SMILES string of the molecule is NCC1CCN(C(=O)Nc2ccccc2CCC(=O)O)C1. The van der Waals surface area contributed by atoms with E-state index in [1.807, 2.05) is 18.2 Å². The highest BCUT2D eigenvalue weighted by Gasteiger charge is 2.25. The van der Waals surface area contributed by atoms with Crippen molar-refractivity contribution in [3.63, 3.8) is 0 Å². The summed E-state index contributed by atoms with van der Waals surface area (Å²) in [5, 5.41) is 11.6. The average Bonchev–Trinajstić information content (AvgIpc) is 2.95. The van der Waals surface area contributed by atoms with Gasteiger partial charge in [-0.25, -0.2) is 4.79 Å². The van der Waals surface area contributed by atoms with Crippen molar-refractivity contribution in [1.29, 1.82) is 0 Å². The third-order valence-electron chi connectivity index (χ3n) is 3.77. The molecule has 2 rings (SSSR count). The summed E-state index contributed by atoms with van der Waals surface area (Å²) < 4.78 is 0. The first kappa shape index (κ1) is 15.3. The van der Waals surface area contributed by atoms with E-state index in [-0.39, 0.29) is 12.5 Å². The summed E-state index contributed by atoms with van der Waals surface area (Å²) in [6, 6.07) is 7.16. The maximum absolute atomic E-state index is 12.2. The second kappa shape index (κ2) is 7.08. The van der Waals surface area contributed by atoms with Gasteiger partial charge in [0.25, 0.3) is 0 Å². The Hall–Kier alpha value is -2.08. The lowest BCUT2D eigenvalue weighted by molar-refractivity contribution is -0.136. The minimum absolute atomic E-state index is 0.0475. The van der Waals surface area contributed by atoms with Crippen LogP contribution in [0.3, 0.4) is 0 Å². The molecule has 0 aliphatic carbocycles. The molecule has 0 bridgehead atoms. The fraction of sp³-hybridized carbons (Fsp3) is 0.467. The Morgan fingerprint density at radius 1 is 1.38 bits per heavy atom. The number of aryl methyl sites for hydroxylation is 1. The number of carbonyl (C=O) groups is 2. The summed E-state index contributed by atoms with van der Waals surface area (Å²) in [6.45, 7) is 1.99. The van der Waals surface area contributed by atoms with E-state index in [2.05, 4.69) is 5.32 Å². The molecular formula is C15H21N3O3. The van der Waals surface area contributed by atoms with E-state index in [1.165, 1.54) is 0 Å². The number of rotatable bonds is 5. The second-order valence-electron chi connectivity index (χ2n) is 5.32. The van der Waals surface area contributed by atoms with Crippen molar-refractivity contribution in [2.45, 2.75) is 19.3 Å². The molecule has 1 fully saturated rings. The van der Waals surface area contributed by atoms with E-state index >= 15 is 0 Å². The van der Waals surface area contributed by atoms with Crippen LogP contribution < -0.4 is 11.1 Å². The van der Waals surface area contributed by atoms with Crippen molar-refractivity contribution < 1.29 is 14.7 Å². The van der Waals surface area contributed by atoms with Crippen LogP contribution in [-0.2, 0) is 11.2 Å². The van der Waals surface area contributed by atoms with Gasteiger partial charge in [-0.2, -0.15) is 0 Å². The molecule has 0 saturated carbocycles. The number of hydrogen-bond acceptors (Lipinski definition) is 3. The number of anilines is 1. The number of carboxylic acids is 1. The van der Waals surface area contributed by atoms with E-state index in [1.54, 1.807) is 11.0 Å². The highest BCUT2D eigenvalue weighted by Crippen LogP contribution is 2.20. The molecule has 1 saturated heterocycles. The number of likely N-dealkylation sites (tertiary alicyclic amines) is 1. The van der Waals surface area contributed by atoms with Crippen LogP contribution in [0.4, 0.5) is 10.5 Å².